The molecule has 2 rings (SSSR count). The van der Waals surface area contributed by atoms with Gasteiger partial charge in [-0.3, -0.25) is 4.79 Å². The van der Waals surface area contributed by atoms with E-state index in [1.165, 1.54) is 0 Å². The van der Waals surface area contributed by atoms with Crippen LogP contribution in [0.2, 0.25) is 0 Å². The number of aliphatic hydroxyl groups is 1. The van der Waals surface area contributed by atoms with Gasteiger partial charge in [-0.25, -0.2) is 0 Å². The molecule has 4 heteroatoms. The van der Waals surface area contributed by atoms with Crippen molar-refractivity contribution in [2.45, 2.75) is 31.3 Å². The number of ether oxygens (including phenoxy) is 1. The predicted octanol–water partition coefficient (Wildman–Crippen LogP) is 1.51. The molecule has 0 bridgehead atoms. The van der Waals surface area contributed by atoms with E-state index in [1.54, 1.807) is 24.3 Å². The molecular formula is C14H19NO3. The van der Waals surface area contributed by atoms with E-state index in [-0.39, 0.29) is 5.78 Å². The number of hydrogen-bond donors (Lipinski definition) is 2. The van der Waals surface area contributed by atoms with Gasteiger partial charge >= 0.3 is 0 Å². The number of hydrogen-bond acceptors (Lipinski definition) is 4. The van der Waals surface area contributed by atoms with E-state index in [4.69, 9.17) is 10.5 Å². The lowest BCUT2D eigenvalue weighted by Gasteiger charge is -2.36. The standard InChI is InChI=1S/C14H19NO3/c15-8-5-13(16)11-3-1-4-12(9-11)18-10-14(17)6-2-7-14/h1,3-4,9,17H,2,5-8,10,15H2. The van der Waals surface area contributed by atoms with E-state index in [0.29, 0.717) is 30.9 Å². The summed E-state index contributed by atoms with van der Waals surface area (Å²) in [6.45, 7) is 0.644. The Bertz CT molecular complexity index is 427. The smallest absolute Gasteiger partial charge is 0.164 e. The molecule has 0 unspecified atom stereocenters. The molecule has 0 heterocycles. The third-order valence-corrected chi connectivity index (χ3v) is 3.32. The van der Waals surface area contributed by atoms with Crippen molar-refractivity contribution in [2.24, 2.45) is 5.73 Å². The fraction of sp³-hybridized carbons (Fsp3) is 0.500. The van der Waals surface area contributed by atoms with Crippen LogP contribution in [0, 0.1) is 0 Å². The van der Waals surface area contributed by atoms with Gasteiger partial charge < -0.3 is 15.6 Å². The zero-order valence-corrected chi connectivity index (χ0v) is 10.4. The average Bonchev–Trinajstić information content (AvgIpc) is 2.35. The quantitative estimate of drug-likeness (QED) is 0.750. The van der Waals surface area contributed by atoms with Crippen molar-refractivity contribution >= 4 is 5.78 Å². The number of rotatable bonds is 6. The first-order chi connectivity index (χ1) is 8.63. The molecule has 0 saturated heterocycles. The van der Waals surface area contributed by atoms with Crippen LogP contribution in [-0.2, 0) is 0 Å². The number of benzene rings is 1. The highest BCUT2D eigenvalue weighted by Crippen LogP contribution is 2.32. The minimum atomic E-state index is -0.669. The lowest BCUT2D eigenvalue weighted by molar-refractivity contribution is -0.0663. The van der Waals surface area contributed by atoms with E-state index < -0.39 is 5.60 Å². The number of carbonyl (C=O) groups is 1. The van der Waals surface area contributed by atoms with E-state index in [9.17, 15) is 9.90 Å². The molecule has 0 radical (unpaired) electrons. The van der Waals surface area contributed by atoms with Crippen LogP contribution >= 0.6 is 0 Å². The van der Waals surface area contributed by atoms with Crippen molar-refractivity contribution in [1.29, 1.82) is 0 Å². The lowest BCUT2D eigenvalue weighted by atomic mass is 9.81. The van der Waals surface area contributed by atoms with Gasteiger partial charge in [0.15, 0.2) is 5.78 Å². The highest BCUT2D eigenvalue weighted by atomic mass is 16.5. The molecule has 1 aromatic rings. The summed E-state index contributed by atoms with van der Waals surface area (Å²) in [5, 5.41) is 9.93. The summed E-state index contributed by atoms with van der Waals surface area (Å²) in [4.78, 5) is 11.7. The van der Waals surface area contributed by atoms with Gasteiger partial charge in [-0.1, -0.05) is 12.1 Å². The first-order valence-corrected chi connectivity index (χ1v) is 6.31. The van der Waals surface area contributed by atoms with Gasteiger partial charge in [0, 0.05) is 12.0 Å². The molecule has 3 N–H and O–H groups in total. The van der Waals surface area contributed by atoms with Crippen molar-refractivity contribution in [1.82, 2.24) is 0 Å². The molecule has 0 amide bonds. The van der Waals surface area contributed by atoms with Crippen molar-refractivity contribution in [3.05, 3.63) is 29.8 Å². The second-order valence-corrected chi connectivity index (χ2v) is 4.86. The molecule has 1 fully saturated rings. The molecule has 0 atom stereocenters. The van der Waals surface area contributed by atoms with Gasteiger partial charge in [-0.15, -0.1) is 0 Å². The second-order valence-electron chi connectivity index (χ2n) is 4.86. The zero-order chi connectivity index (χ0) is 13.0. The molecule has 1 aromatic carbocycles. The van der Waals surface area contributed by atoms with Gasteiger partial charge in [0.2, 0.25) is 0 Å². The Kier molecular flexibility index (Phi) is 3.99. The van der Waals surface area contributed by atoms with Gasteiger partial charge in [0.25, 0.3) is 0 Å². The summed E-state index contributed by atoms with van der Waals surface area (Å²) < 4.78 is 5.55. The first-order valence-electron chi connectivity index (χ1n) is 6.31. The summed E-state index contributed by atoms with van der Waals surface area (Å²) >= 11 is 0. The van der Waals surface area contributed by atoms with E-state index in [0.717, 1.165) is 19.3 Å². The number of carbonyl (C=O) groups excluding carboxylic acids is 1. The van der Waals surface area contributed by atoms with Gasteiger partial charge in [0.05, 0.1) is 5.60 Å². The van der Waals surface area contributed by atoms with Crippen LogP contribution in [0.4, 0.5) is 0 Å². The Labute approximate surface area is 107 Å². The van der Waals surface area contributed by atoms with Crippen LogP contribution in [-0.4, -0.2) is 29.6 Å². The molecule has 0 aliphatic heterocycles. The van der Waals surface area contributed by atoms with Crippen LogP contribution in [0.5, 0.6) is 5.75 Å². The third kappa shape index (κ3) is 3.09. The highest BCUT2D eigenvalue weighted by molar-refractivity contribution is 5.96. The average molecular weight is 249 g/mol. The minimum absolute atomic E-state index is 0.0188. The van der Waals surface area contributed by atoms with Crippen molar-refractivity contribution in [3.63, 3.8) is 0 Å². The molecule has 0 spiro atoms. The predicted molar refractivity (Wildman–Crippen MR) is 68.7 cm³/mol. The van der Waals surface area contributed by atoms with Gasteiger partial charge in [0.1, 0.15) is 12.4 Å². The van der Waals surface area contributed by atoms with Crippen LogP contribution in [0.3, 0.4) is 0 Å². The SMILES string of the molecule is NCCC(=O)c1cccc(OCC2(O)CCC2)c1. The Balaban J connectivity index is 1.96. The summed E-state index contributed by atoms with van der Waals surface area (Å²) in [6.07, 6.45) is 2.97. The van der Waals surface area contributed by atoms with Crippen molar-refractivity contribution < 1.29 is 14.6 Å². The lowest BCUT2D eigenvalue weighted by Crippen LogP contribution is -2.42. The molecule has 1 saturated carbocycles. The van der Waals surface area contributed by atoms with Crippen molar-refractivity contribution in [3.8, 4) is 5.75 Å². The normalized spacial score (nSPS) is 17.0. The molecule has 98 valence electrons. The summed E-state index contributed by atoms with van der Waals surface area (Å²) in [5.41, 5.74) is 5.30. The monoisotopic (exact) mass is 249 g/mol. The topological polar surface area (TPSA) is 72.6 Å². The number of Topliss-reactive ketones (excluding diaryl/α,β-unsaturated/α-hetero) is 1. The van der Waals surface area contributed by atoms with E-state index >= 15 is 0 Å². The second kappa shape index (κ2) is 5.50. The van der Waals surface area contributed by atoms with Crippen LogP contribution in [0.1, 0.15) is 36.0 Å². The Hall–Kier alpha value is -1.39. The molecular weight excluding hydrogens is 230 g/mol. The molecule has 1 aliphatic rings. The van der Waals surface area contributed by atoms with E-state index in [2.05, 4.69) is 0 Å². The Morgan fingerprint density at radius 2 is 2.22 bits per heavy atom. The number of ketones is 1. The van der Waals surface area contributed by atoms with Gasteiger partial charge in [-0.05, 0) is 37.9 Å². The highest BCUT2D eigenvalue weighted by Gasteiger charge is 2.35. The molecule has 0 aromatic heterocycles. The third-order valence-electron chi connectivity index (χ3n) is 3.32. The fourth-order valence-corrected chi connectivity index (χ4v) is 1.98. The van der Waals surface area contributed by atoms with Gasteiger partial charge in [-0.2, -0.15) is 0 Å². The summed E-state index contributed by atoms with van der Waals surface area (Å²) in [6, 6.07) is 7.04. The Morgan fingerprint density at radius 1 is 1.44 bits per heavy atom. The van der Waals surface area contributed by atoms with Crippen molar-refractivity contribution in [2.75, 3.05) is 13.2 Å². The van der Waals surface area contributed by atoms with E-state index in [1.807, 2.05) is 0 Å². The van der Waals surface area contributed by atoms with Crippen LogP contribution < -0.4 is 10.5 Å². The molecule has 4 nitrogen and oxygen atoms in total. The maximum Gasteiger partial charge on any atom is 0.164 e. The zero-order valence-electron chi connectivity index (χ0n) is 10.4. The Morgan fingerprint density at radius 3 is 2.83 bits per heavy atom. The maximum absolute atomic E-state index is 11.7. The number of nitrogens with two attached hydrogens (primary N) is 1. The molecule has 18 heavy (non-hydrogen) atoms. The first kappa shape index (κ1) is 13.1. The maximum atomic E-state index is 11.7. The largest absolute Gasteiger partial charge is 0.491 e. The summed E-state index contributed by atoms with van der Waals surface area (Å²) in [7, 11) is 0. The minimum Gasteiger partial charge on any atom is -0.491 e. The molecule has 1 aliphatic carbocycles. The van der Waals surface area contributed by atoms with Crippen LogP contribution in [0.25, 0.3) is 0 Å². The fourth-order valence-electron chi connectivity index (χ4n) is 1.98. The summed E-state index contributed by atoms with van der Waals surface area (Å²) in [5.74, 6) is 0.642. The van der Waals surface area contributed by atoms with Crippen LogP contribution in [0.15, 0.2) is 24.3 Å².